The Kier molecular flexibility index (Phi) is 4.03. The number of nitrogens with one attached hydrogen (secondary N) is 1. The zero-order valence-corrected chi connectivity index (χ0v) is 12.8. The highest BCUT2D eigenvalue weighted by atomic mass is 32.1. The Morgan fingerprint density at radius 3 is 2.90 bits per heavy atom. The molecule has 20 heavy (non-hydrogen) atoms. The van der Waals surface area contributed by atoms with Gasteiger partial charge < -0.3 is 10.1 Å². The van der Waals surface area contributed by atoms with E-state index >= 15 is 0 Å². The number of thiazole rings is 1. The van der Waals surface area contributed by atoms with Crippen molar-refractivity contribution in [3.05, 3.63) is 45.4 Å². The minimum atomic E-state index is 0.545. The van der Waals surface area contributed by atoms with Crippen molar-refractivity contribution in [3.8, 4) is 5.75 Å². The van der Waals surface area contributed by atoms with E-state index in [9.17, 15) is 0 Å². The van der Waals surface area contributed by atoms with Gasteiger partial charge in [0.15, 0.2) is 0 Å². The monoisotopic (exact) mass is 288 g/mol. The molecule has 1 aliphatic carbocycles. The number of hydrogen-bond donors (Lipinski definition) is 1. The minimum absolute atomic E-state index is 0.545. The van der Waals surface area contributed by atoms with E-state index in [-0.39, 0.29) is 0 Å². The van der Waals surface area contributed by atoms with Crippen LogP contribution in [0.25, 0.3) is 0 Å². The van der Waals surface area contributed by atoms with Gasteiger partial charge in [-0.15, -0.1) is 11.3 Å². The van der Waals surface area contributed by atoms with Gasteiger partial charge >= 0.3 is 0 Å². The SMILES string of the molecule is Cc1ccc(OCc2csc(C)n2)c(CNC2CC2)c1. The summed E-state index contributed by atoms with van der Waals surface area (Å²) in [4.78, 5) is 4.44. The minimum Gasteiger partial charge on any atom is -0.487 e. The summed E-state index contributed by atoms with van der Waals surface area (Å²) < 4.78 is 5.95. The molecular weight excluding hydrogens is 268 g/mol. The van der Waals surface area contributed by atoms with Crippen LogP contribution in [0.15, 0.2) is 23.6 Å². The summed E-state index contributed by atoms with van der Waals surface area (Å²) in [5.41, 5.74) is 3.52. The van der Waals surface area contributed by atoms with E-state index in [2.05, 4.69) is 40.8 Å². The lowest BCUT2D eigenvalue weighted by Crippen LogP contribution is -2.16. The zero-order chi connectivity index (χ0) is 13.9. The fourth-order valence-electron chi connectivity index (χ4n) is 2.16. The summed E-state index contributed by atoms with van der Waals surface area (Å²) >= 11 is 1.67. The van der Waals surface area contributed by atoms with Crippen molar-refractivity contribution in [3.63, 3.8) is 0 Å². The number of benzene rings is 1. The molecule has 1 N–H and O–H groups in total. The standard InChI is InChI=1S/C16H20N2OS/c1-11-3-6-16(13(7-11)8-17-14-4-5-14)19-9-15-10-20-12(2)18-15/h3,6-7,10,14,17H,4-5,8-9H2,1-2H3. The Bertz CT molecular complexity index is 590. The van der Waals surface area contributed by atoms with Crippen molar-refractivity contribution >= 4 is 11.3 Å². The van der Waals surface area contributed by atoms with Gasteiger partial charge in [0, 0.05) is 23.5 Å². The molecule has 106 valence electrons. The highest BCUT2D eigenvalue weighted by molar-refractivity contribution is 7.09. The topological polar surface area (TPSA) is 34.1 Å². The van der Waals surface area contributed by atoms with Gasteiger partial charge in [-0.2, -0.15) is 0 Å². The van der Waals surface area contributed by atoms with Crippen molar-refractivity contribution < 1.29 is 4.74 Å². The molecule has 1 aliphatic rings. The van der Waals surface area contributed by atoms with Crippen LogP contribution in [0.3, 0.4) is 0 Å². The van der Waals surface area contributed by atoms with E-state index in [1.54, 1.807) is 11.3 Å². The second kappa shape index (κ2) is 5.94. The molecule has 0 aliphatic heterocycles. The van der Waals surface area contributed by atoms with Gasteiger partial charge in [0.25, 0.3) is 0 Å². The molecule has 2 aromatic rings. The molecule has 0 spiro atoms. The summed E-state index contributed by atoms with van der Waals surface area (Å²) in [7, 11) is 0. The molecule has 0 radical (unpaired) electrons. The first kappa shape index (κ1) is 13.6. The van der Waals surface area contributed by atoms with Crippen molar-refractivity contribution in [2.24, 2.45) is 0 Å². The molecular formula is C16H20N2OS. The number of aryl methyl sites for hydroxylation is 2. The Balaban J connectivity index is 1.66. The van der Waals surface area contributed by atoms with Crippen LogP contribution in [0.4, 0.5) is 0 Å². The van der Waals surface area contributed by atoms with Gasteiger partial charge in [0.2, 0.25) is 0 Å². The van der Waals surface area contributed by atoms with Crippen LogP contribution >= 0.6 is 11.3 Å². The molecule has 0 atom stereocenters. The second-order valence-corrected chi connectivity index (χ2v) is 6.48. The van der Waals surface area contributed by atoms with Crippen molar-refractivity contribution in [2.45, 2.75) is 45.9 Å². The van der Waals surface area contributed by atoms with Crippen molar-refractivity contribution in [1.29, 1.82) is 0 Å². The number of aromatic nitrogens is 1. The third-order valence-electron chi connectivity index (χ3n) is 3.42. The first-order valence-electron chi connectivity index (χ1n) is 7.07. The van der Waals surface area contributed by atoms with E-state index in [0.717, 1.165) is 23.0 Å². The highest BCUT2D eigenvalue weighted by Gasteiger charge is 2.20. The molecule has 3 nitrogen and oxygen atoms in total. The molecule has 0 bridgehead atoms. The fourth-order valence-corrected chi connectivity index (χ4v) is 2.75. The predicted molar refractivity (Wildman–Crippen MR) is 82.2 cm³/mol. The van der Waals surface area contributed by atoms with E-state index in [4.69, 9.17) is 4.74 Å². The maximum atomic E-state index is 5.95. The summed E-state index contributed by atoms with van der Waals surface area (Å²) in [6.45, 7) is 5.57. The van der Waals surface area contributed by atoms with Crippen LogP contribution in [0.2, 0.25) is 0 Å². The lowest BCUT2D eigenvalue weighted by atomic mass is 10.1. The van der Waals surface area contributed by atoms with Crippen molar-refractivity contribution in [2.75, 3.05) is 0 Å². The lowest BCUT2D eigenvalue weighted by Gasteiger charge is -2.12. The van der Waals surface area contributed by atoms with Crippen LogP contribution in [0.1, 0.15) is 34.7 Å². The Labute approximate surface area is 124 Å². The van der Waals surface area contributed by atoms with Gasteiger partial charge in [0.05, 0.1) is 10.7 Å². The smallest absolute Gasteiger partial charge is 0.131 e. The van der Waals surface area contributed by atoms with Gasteiger partial charge in [-0.3, -0.25) is 0 Å². The Morgan fingerprint density at radius 2 is 2.20 bits per heavy atom. The molecule has 1 aromatic carbocycles. The quantitative estimate of drug-likeness (QED) is 0.882. The maximum absolute atomic E-state index is 5.95. The maximum Gasteiger partial charge on any atom is 0.131 e. The third kappa shape index (κ3) is 3.58. The van der Waals surface area contributed by atoms with Crippen LogP contribution in [-0.2, 0) is 13.2 Å². The average Bonchev–Trinajstić information content (AvgIpc) is 3.17. The molecule has 3 rings (SSSR count). The third-order valence-corrected chi connectivity index (χ3v) is 4.24. The molecule has 1 aromatic heterocycles. The van der Waals surface area contributed by atoms with Gasteiger partial charge in [-0.1, -0.05) is 17.7 Å². The molecule has 0 amide bonds. The zero-order valence-electron chi connectivity index (χ0n) is 12.0. The molecule has 1 heterocycles. The fraction of sp³-hybridized carbons (Fsp3) is 0.438. The first-order valence-corrected chi connectivity index (χ1v) is 7.95. The average molecular weight is 288 g/mol. The second-order valence-electron chi connectivity index (χ2n) is 5.41. The number of nitrogens with zero attached hydrogens (tertiary/aromatic N) is 1. The summed E-state index contributed by atoms with van der Waals surface area (Å²) in [6.07, 6.45) is 2.61. The predicted octanol–water partition coefficient (Wildman–Crippen LogP) is 3.59. The van der Waals surface area contributed by atoms with Crippen LogP contribution < -0.4 is 10.1 Å². The van der Waals surface area contributed by atoms with E-state index < -0.39 is 0 Å². The molecule has 0 saturated heterocycles. The van der Waals surface area contributed by atoms with E-state index in [0.29, 0.717) is 12.6 Å². The Hall–Kier alpha value is -1.39. The van der Waals surface area contributed by atoms with Gasteiger partial charge in [0.1, 0.15) is 12.4 Å². The van der Waals surface area contributed by atoms with E-state index in [1.165, 1.54) is 24.0 Å². The lowest BCUT2D eigenvalue weighted by molar-refractivity contribution is 0.298. The first-order chi connectivity index (χ1) is 9.70. The number of ether oxygens (including phenoxy) is 1. The summed E-state index contributed by atoms with van der Waals surface area (Å²) in [5, 5.41) is 6.70. The van der Waals surface area contributed by atoms with Crippen molar-refractivity contribution in [1.82, 2.24) is 10.3 Å². The molecule has 0 unspecified atom stereocenters. The van der Waals surface area contributed by atoms with Crippen LogP contribution in [-0.4, -0.2) is 11.0 Å². The Morgan fingerprint density at radius 1 is 1.35 bits per heavy atom. The summed E-state index contributed by atoms with van der Waals surface area (Å²) in [5.74, 6) is 0.967. The number of hydrogen-bond acceptors (Lipinski definition) is 4. The van der Waals surface area contributed by atoms with Gasteiger partial charge in [-0.05, 0) is 32.8 Å². The molecule has 1 fully saturated rings. The molecule has 1 saturated carbocycles. The highest BCUT2D eigenvalue weighted by Crippen LogP contribution is 2.24. The van der Waals surface area contributed by atoms with Crippen LogP contribution in [0, 0.1) is 13.8 Å². The van der Waals surface area contributed by atoms with E-state index in [1.807, 2.05) is 6.92 Å². The number of rotatable bonds is 6. The largest absolute Gasteiger partial charge is 0.487 e. The normalized spacial score (nSPS) is 14.5. The summed E-state index contributed by atoms with van der Waals surface area (Å²) in [6, 6.07) is 7.09. The van der Waals surface area contributed by atoms with Crippen LogP contribution in [0.5, 0.6) is 5.75 Å². The van der Waals surface area contributed by atoms with Gasteiger partial charge in [-0.25, -0.2) is 4.98 Å². The molecule has 4 heteroatoms.